The Morgan fingerprint density at radius 1 is 1.40 bits per heavy atom. The van der Waals surface area contributed by atoms with Crippen molar-refractivity contribution in [2.75, 3.05) is 5.32 Å². The number of halogens is 2. The average molecular weight is 311 g/mol. The van der Waals surface area contributed by atoms with Crippen LogP contribution in [0.25, 0.3) is 5.82 Å². The fourth-order valence-electron chi connectivity index (χ4n) is 1.98. The van der Waals surface area contributed by atoms with E-state index in [-0.39, 0.29) is 5.91 Å². The van der Waals surface area contributed by atoms with E-state index in [0.29, 0.717) is 17.9 Å². The minimum Gasteiger partial charge on any atom is -0.322 e. The number of nitrogens with zero attached hydrogens (tertiary/aromatic N) is 3. The van der Waals surface area contributed by atoms with Gasteiger partial charge in [0.25, 0.3) is 0 Å². The number of alkyl halides is 2. The number of pyridine rings is 1. The van der Waals surface area contributed by atoms with Crippen LogP contribution in [-0.4, -0.2) is 25.0 Å². The molecule has 2 aromatic rings. The Bertz CT molecular complexity index is 656. The standard InChI is InChI=1S/C13H12Cl2N4O/c1-12(8-13(12,14)15)11(20)18-9-4-2-5-16-10(9)19-7-3-6-17-19/h2-7H,8H2,1H3,(H,18,20)/t12-/m0/s1. The van der Waals surface area contributed by atoms with Crippen molar-refractivity contribution in [1.82, 2.24) is 14.8 Å². The first kappa shape index (κ1) is 13.4. The number of rotatable bonds is 3. The van der Waals surface area contributed by atoms with Crippen molar-refractivity contribution < 1.29 is 4.79 Å². The first-order valence-electron chi connectivity index (χ1n) is 6.08. The fraction of sp³-hybridized carbons (Fsp3) is 0.308. The van der Waals surface area contributed by atoms with Crippen molar-refractivity contribution in [3.63, 3.8) is 0 Å². The van der Waals surface area contributed by atoms with Crippen LogP contribution in [0, 0.1) is 5.41 Å². The van der Waals surface area contributed by atoms with Crippen molar-refractivity contribution in [3.05, 3.63) is 36.8 Å². The van der Waals surface area contributed by atoms with Crippen LogP contribution < -0.4 is 5.32 Å². The molecule has 2 aromatic heterocycles. The van der Waals surface area contributed by atoms with E-state index in [1.54, 1.807) is 48.4 Å². The van der Waals surface area contributed by atoms with Crippen molar-refractivity contribution in [3.8, 4) is 5.82 Å². The quantitative estimate of drug-likeness (QED) is 0.887. The molecule has 0 spiro atoms. The Balaban J connectivity index is 1.88. The number of carbonyl (C=O) groups excluding carboxylic acids is 1. The molecule has 0 aromatic carbocycles. The maximum Gasteiger partial charge on any atom is 0.233 e. The van der Waals surface area contributed by atoms with Gasteiger partial charge in [0.2, 0.25) is 5.91 Å². The van der Waals surface area contributed by atoms with E-state index in [2.05, 4.69) is 15.4 Å². The lowest BCUT2D eigenvalue weighted by molar-refractivity contribution is -0.120. The molecule has 1 N–H and O–H groups in total. The Labute approximate surface area is 125 Å². The Hall–Kier alpha value is -1.59. The van der Waals surface area contributed by atoms with Crippen LogP contribution in [0.15, 0.2) is 36.8 Å². The second kappa shape index (κ2) is 4.46. The van der Waals surface area contributed by atoms with Crippen LogP contribution in [0.1, 0.15) is 13.3 Å². The van der Waals surface area contributed by atoms with Crippen LogP contribution >= 0.6 is 23.2 Å². The summed E-state index contributed by atoms with van der Waals surface area (Å²) in [6.45, 7) is 1.74. The summed E-state index contributed by atoms with van der Waals surface area (Å²) in [4.78, 5) is 16.5. The molecular formula is C13H12Cl2N4O. The lowest BCUT2D eigenvalue weighted by Gasteiger charge is -2.14. The minimum absolute atomic E-state index is 0.219. The molecule has 20 heavy (non-hydrogen) atoms. The Morgan fingerprint density at radius 2 is 2.15 bits per heavy atom. The van der Waals surface area contributed by atoms with E-state index in [9.17, 15) is 4.79 Å². The van der Waals surface area contributed by atoms with E-state index in [1.165, 1.54) is 0 Å². The normalized spacial score (nSPS) is 23.4. The largest absolute Gasteiger partial charge is 0.322 e. The fourth-order valence-corrected chi connectivity index (χ4v) is 2.68. The molecule has 1 aliphatic carbocycles. The van der Waals surface area contributed by atoms with Gasteiger partial charge in [-0.25, -0.2) is 9.67 Å². The molecule has 5 nitrogen and oxygen atoms in total. The molecule has 0 bridgehead atoms. The number of nitrogens with one attached hydrogen (secondary N) is 1. The van der Waals surface area contributed by atoms with Gasteiger partial charge in [0.05, 0.1) is 11.1 Å². The monoisotopic (exact) mass is 310 g/mol. The zero-order valence-electron chi connectivity index (χ0n) is 10.7. The van der Waals surface area contributed by atoms with E-state index >= 15 is 0 Å². The van der Waals surface area contributed by atoms with E-state index in [0.717, 1.165) is 0 Å². The summed E-state index contributed by atoms with van der Waals surface area (Å²) in [6.07, 6.45) is 5.47. The number of hydrogen-bond donors (Lipinski definition) is 1. The molecule has 0 radical (unpaired) electrons. The van der Waals surface area contributed by atoms with Crippen molar-refractivity contribution in [2.24, 2.45) is 5.41 Å². The maximum absolute atomic E-state index is 12.3. The van der Waals surface area contributed by atoms with Crippen molar-refractivity contribution in [1.29, 1.82) is 0 Å². The summed E-state index contributed by atoms with van der Waals surface area (Å²) in [5.41, 5.74) is -0.202. The number of aromatic nitrogens is 3. The summed E-state index contributed by atoms with van der Waals surface area (Å²) in [5, 5.41) is 6.94. The van der Waals surface area contributed by atoms with Crippen LogP contribution in [0.4, 0.5) is 5.69 Å². The molecule has 1 amide bonds. The van der Waals surface area contributed by atoms with Crippen LogP contribution in [0.3, 0.4) is 0 Å². The molecule has 0 unspecified atom stereocenters. The topological polar surface area (TPSA) is 59.8 Å². The number of hydrogen-bond acceptors (Lipinski definition) is 3. The van der Waals surface area contributed by atoms with Crippen LogP contribution in [-0.2, 0) is 4.79 Å². The Morgan fingerprint density at radius 3 is 2.75 bits per heavy atom. The smallest absolute Gasteiger partial charge is 0.233 e. The van der Waals surface area contributed by atoms with Crippen LogP contribution in [0.5, 0.6) is 0 Å². The second-order valence-corrected chi connectivity index (χ2v) is 6.48. The van der Waals surface area contributed by atoms with E-state index in [4.69, 9.17) is 23.2 Å². The molecular weight excluding hydrogens is 299 g/mol. The zero-order chi connectivity index (χ0) is 14.4. The molecule has 2 heterocycles. The lowest BCUT2D eigenvalue weighted by atomic mass is 10.1. The molecule has 1 aliphatic rings. The average Bonchev–Trinajstić information content (AvgIpc) is 2.82. The second-order valence-electron chi connectivity index (χ2n) is 4.99. The van der Waals surface area contributed by atoms with Gasteiger partial charge in [-0.15, -0.1) is 23.2 Å². The van der Waals surface area contributed by atoms with Gasteiger partial charge in [0, 0.05) is 18.6 Å². The highest BCUT2D eigenvalue weighted by atomic mass is 35.5. The molecule has 7 heteroatoms. The van der Waals surface area contributed by atoms with Gasteiger partial charge in [-0.2, -0.15) is 5.10 Å². The van der Waals surface area contributed by atoms with Crippen molar-refractivity contribution in [2.45, 2.75) is 17.7 Å². The van der Waals surface area contributed by atoms with Gasteiger partial charge in [-0.05, 0) is 31.5 Å². The van der Waals surface area contributed by atoms with Gasteiger partial charge in [-0.1, -0.05) is 0 Å². The summed E-state index contributed by atoms with van der Waals surface area (Å²) < 4.78 is 0.588. The van der Waals surface area contributed by atoms with Gasteiger partial charge < -0.3 is 5.32 Å². The molecule has 1 saturated carbocycles. The van der Waals surface area contributed by atoms with Gasteiger partial charge in [-0.3, -0.25) is 4.79 Å². The first-order chi connectivity index (χ1) is 9.44. The lowest BCUT2D eigenvalue weighted by Crippen LogP contribution is -2.26. The molecule has 0 aliphatic heterocycles. The molecule has 104 valence electrons. The number of carbonyl (C=O) groups is 1. The molecule has 1 fully saturated rings. The highest BCUT2D eigenvalue weighted by Gasteiger charge is 2.67. The molecule has 3 rings (SSSR count). The highest BCUT2D eigenvalue weighted by molar-refractivity contribution is 6.53. The van der Waals surface area contributed by atoms with Crippen LogP contribution in [0.2, 0.25) is 0 Å². The Kier molecular flexibility index (Phi) is 2.99. The SMILES string of the molecule is C[C@@]1(C(=O)Nc2cccnc2-n2cccn2)CC1(Cl)Cl. The third-order valence-corrected chi connectivity index (χ3v) is 4.62. The number of amides is 1. The van der Waals surface area contributed by atoms with Crippen molar-refractivity contribution >= 4 is 34.8 Å². The minimum atomic E-state index is -0.995. The highest BCUT2D eigenvalue weighted by Crippen LogP contribution is 2.64. The third-order valence-electron chi connectivity index (χ3n) is 3.52. The van der Waals surface area contributed by atoms with E-state index < -0.39 is 9.75 Å². The third kappa shape index (κ3) is 2.07. The van der Waals surface area contributed by atoms with Gasteiger partial charge >= 0.3 is 0 Å². The van der Waals surface area contributed by atoms with Gasteiger partial charge in [0.1, 0.15) is 4.33 Å². The summed E-state index contributed by atoms with van der Waals surface area (Å²) >= 11 is 12.0. The summed E-state index contributed by atoms with van der Waals surface area (Å²) in [6, 6.07) is 5.29. The zero-order valence-corrected chi connectivity index (χ0v) is 12.2. The van der Waals surface area contributed by atoms with Gasteiger partial charge in [0.15, 0.2) is 5.82 Å². The predicted octanol–water partition coefficient (Wildman–Crippen LogP) is 2.79. The summed E-state index contributed by atoms with van der Waals surface area (Å²) in [7, 11) is 0. The van der Waals surface area contributed by atoms with E-state index in [1.807, 2.05) is 0 Å². The maximum atomic E-state index is 12.3. The molecule has 1 atom stereocenters. The first-order valence-corrected chi connectivity index (χ1v) is 6.84. The molecule has 0 saturated heterocycles. The summed E-state index contributed by atoms with van der Waals surface area (Å²) in [5.74, 6) is 0.328. The predicted molar refractivity (Wildman–Crippen MR) is 77.1 cm³/mol. The number of anilines is 1.